The van der Waals surface area contributed by atoms with Crippen molar-refractivity contribution in [3.8, 4) is 0 Å². The van der Waals surface area contributed by atoms with E-state index in [1.807, 2.05) is 0 Å². The van der Waals surface area contributed by atoms with E-state index in [-0.39, 0.29) is 0 Å². The van der Waals surface area contributed by atoms with Gasteiger partial charge in [0.05, 0.1) is 0 Å². The lowest BCUT2D eigenvalue weighted by Crippen LogP contribution is -2.11. The Labute approximate surface area is 125 Å². The third-order valence-corrected chi connectivity index (χ3v) is 4.25. The number of hydrogen-bond acceptors (Lipinski definition) is 2. The topological polar surface area (TPSA) is 25.8 Å². The molecule has 3 rings (SSSR count). The third-order valence-electron chi connectivity index (χ3n) is 3.94. The van der Waals surface area contributed by atoms with Crippen LogP contribution in [0.2, 0.25) is 5.15 Å². The van der Waals surface area contributed by atoms with Crippen LogP contribution >= 0.6 is 11.6 Å². The maximum absolute atomic E-state index is 6.30. The largest absolute Gasteiger partial charge is 0.238 e. The molecule has 1 aromatic heterocycles. The van der Waals surface area contributed by atoms with Gasteiger partial charge in [0, 0.05) is 17.7 Å². The molecule has 0 N–H and O–H groups in total. The van der Waals surface area contributed by atoms with Gasteiger partial charge >= 0.3 is 0 Å². The molecule has 0 unspecified atom stereocenters. The van der Waals surface area contributed by atoms with Crippen molar-refractivity contribution in [1.82, 2.24) is 9.97 Å². The molecular formula is C17H19ClN2. The second-order valence-corrected chi connectivity index (χ2v) is 5.91. The highest BCUT2D eigenvalue weighted by Gasteiger charge is 2.16. The van der Waals surface area contributed by atoms with E-state index in [1.165, 1.54) is 35.2 Å². The van der Waals surface area contributed by atoms with E-state index in [0.717, 1.165) is 31.5 Å². The Hall–Kier alpha value is -1.41. The highest BCUT2D eigenvalue weighted by Crippen LogP contribution is 2.25. The average molecular weight is 287 g/mol. The molecule has 3 heteroatoms. The Bertz CT molecular complexity index is 605. The van der Waals surface area contributed by atoms with Gasteiger partial charge in [-0.2, -0.15) is 0 Å². The van der Waals surface area contributed by atoms with Crippen LogP contribution in [0.25, 0.3) is 0 Å². The van der Waals surface area contributed by atoms with Crippen molar-refractivity contribution in [2.75, 3.05) is 0 Å². The standard InChI is InChI=1S/C17H19ClN2/c1-12-6-8-13(9-7-12)10-11-16-19-15-5-3-2-4-14(15)17(18)20-16/h6-9H,2-5,10-11H2,1H3. The summed E-state index contributed by atoms with van der Waals surface area (Å²) in [5.74, 6) is 0.885. The van der Waals surface area contributed by atoms with Gasteiger partial charge in [0.2, 0.25) is 0 Å². The smallest absolute Gasteiger partial charge is 0.136 e. The Balaban J connectivity index is 1.74. The summed E-state index contributed by atoms with van der Waals surface area (Å²) in [5, 5.41) is 0.675. The minimum Gasteiger partial charge on any atom is -0.238 e. The molecule has 1 aliphatic rings. The Morgan fingerprint density at radius 1 is 1.00 bits per heavy atom. The fraction of sp³-hybridized carbons (Fsp3) is 0.412. The minimum absolute atomic E-state index is 0.675. The first-order valence-corrected chi connectivity index (χ1v) is 7.70. The first-order valence-electron chi connectivity index (χ1n) is 7.32. The van der Waals surface area contributed by atoms with Crippen molar-refractivity contribution in [2.45, 2.75) is 45.4 Å². The lowest BCUT2D eigenvalue weighted by Gasteiger charge is -2.16. The molecule has 0 saturated heterocycles. The first-order chi connectivity index (χ1) is 9.72. The molecular weight excluding hydrogens is 268 g/mol. The van der Waals surface area contributed by atoms with Crippen LogP contribution in [0.5, 0.6) is 0 Å². The Morgan fingerprint density at radius 3 is 2.55 bits per heavy atom. The Kier molecular flexibility index (Phi) is 4.02. The molecule has 2 nitrogen and oxygen atoms in total. The molecule has 0 bridgehead atoms. The van der Waals surface area contributed by atoms with Crippen molar-refractivity contribution in [3.05, 3.63) is 57.6 Å². The molecule has 20 heavy (non-hydrogen) atoms. The maximum Gasteiger partial charge on any atom is 0.136 e. The average Bonchev–Trinajstić information content (AvgIpc) is 2.47. The predicted octanol–water partition coefficient (Wildman–Crippen LogP) is 4.10. The lowest BCUT2D eigenvalue weighted by molar-refractivity contribution is 0.652. The molecule has 0 fully saturated rings. The summed E-state index contributed by atoms with van der Waals surface area (Å²) in [4.78, 5) is 9.18. The number of benzene rings is 1. The number of aryl methyl sites for hydroxylation is 4. The summed E-state index contributed by atoms with van der Waals surface area (Å²) < 4.78 is 0. The fourth-order valence-corrected chi connectivity index (χ4v) is 3.02. The van der Waals surface area contributed by atoms with Crippen LogP contribution in [0.3, 0.4) is 0 Å². The van der Waals surface area contributed by atoms with Gasteiger partial charge < -0.3 is 0 Å². The van der Waals surface area contributed by atoms with Crippen LogP contribution < -0.4 is 0 Å². The maximum atomic E-state index is 6.30. The van der Waals surface area contributed by atoms with Crippen LogP contribution in [-0.4, -0.2) is 9.97 Å². The predicted molar refractivity (Wildman–Crippen MR) is 82.3 cm³/mol. The van der Waals surface area contributed by atoms with Crippen molar-refractivity contribution in [1.29, 1.82) is 0 Å². The van der Waals surface area contributed by atoms with Gasteiger partial charge in [-0.15, -0.1) is 0 Å². The molecule has 0 radical (unpaired) electrons. The quantitative estimate of drug-likeness (QED) is 0.794. The van der Waals surface area contributed by atoms with Crippen molar-refractivity contribution < 1.29 is 0 Å². The highest BCUT2D eigenvalue weighted by molar-refractivity contribution is 6.30. The van der Waals surface area contributed by atoms with Crippen LogP contribution in [0.1, 0.15) is 41.1 Å². The van der Waals surface area contributed by atoms with E-state index in [2.05, 4.69) is 36.2 Å². The van der Waals surface area contributed by atoms with E-state index in [1.54, 1.807) is 0 Å². The van der Waals surface area contributed by atoms with Crippen molar-refractivity contribution in [2.24, 2.45) is 0 Å². The van der Waals surface area contributed by atoms with E-state index in [9.17, 15) is 0 Å². The number of rotatable bonds is 3. The molecule has 1 heterocycles. The van der Waals surface area contributed by atoms with Crippen LogP contribution in [0.15, 0.2) is 24.3 Å². The second kappa shape index (κ2) is 5.92. The monoisotopic (exact) mass is 286 g/mol. The van der Waals surface area contributed by atoms with Crippen LogP contribution in [-0.2, 0) is 25.7 Å². The zero-order valence-electron chi connectivity index (χ0n) is 11.8. The zero-order valence-corrected chi connectivity index (χ0v) is 12.6. The first kappa shape index (κ1) is 13.6. The van der Waals surface area contributed by atoms with Crippen LogP contribution in [0.4, 0.5) is 0 Å². The minimum atomic E-state index is 0.675. The van der Waals surface area contributed by atoms with E-state index in [0.29, 0.717) is 5.15 Å². The molecule has 2 aromatic rings. The van der Waals surface area contributed by atoms with E-state index < -0.39 is 0 Å². The normalized spacial score (nSPS) is 14.1. The van der Waals surface area contributed by atoms with E-state index in [4.69, 9.17) is 16.6 Å². The van der Waals surface area contributed by atoms with Gasteiger partial charge in [0.15, 0.2) is 0 Å². The van der Waals surface area contributed by atoms with Crippen molar-refractivity contribution in [3.63, 3.8) is 0 Å². The fourth-order valence-electron chi connectivity index (χ4n) is 2.72. The summed E-state index contributed by atoms with van der Waals surface area (Å²) in [6.45, 7) is 2.11. The molecule has 0 saturated carbocycles. The SMILES string of the molecule is Cc1ccc(CCc2nc(Cl)c3c(n2)CCCC3)cc1. The molecule has 0 amide bonds. The third kappa shape index (κ3) is 3.01. The van der Waals surface area contributed by atoms with Gasteiger partial charge in [-0.1, -0.05) is 41.4 Å². The van der Waals surface area contributed by atoms with Gasteiger partial charge in [-0.05, 0) is 44.6 Å². The molecule has 104 valence electrons. The molecule has 1 aromatic carbocycles. The highest BCUT2D eigenvalue weighted by atomic mass is 35.5. The number of halogens is 1. The number of aromatic nitrogens is 2. The molecule has 0 atom stereocenters. The summed E-state index contributed by atoms with van der Waals surface area (Å²) in [6.07, 6.45) is 6.34. The zero-order chi connectivity index (χ0) is 13.9. The summed E-state index contributed by atoms with van der Waals surface area (Å²) in [7, 11) is 0. The number of hydrogen-bond donors (Lipinski definition) is 0. The molecule has 0 aliphatic heterocycles. The summed E-state index contributed by atoms with van der Waals surface area (Å²) in [5.41, 5.74) is 4.97. The van der Waals surface area contributed by atoms with E-state index >= 15 is 0 Å². The molecule has 0 spiro atoms. The number of fused-ring (bicyclic) bond motifs is 1. The van der Waals surface area contributed by atoms with Gasteiger partial charge in [-0.3, -0.25) is 0 Å². The Morgan fingerprint density at radius 2 is 1.75 bits per heavy atom. The summed E-state index contributed by atoms with van der Waals surface area (Å²) >= 11 is 6.30. The summed E-state index contributed by atoms with van der Waals surface area (Å²) in [6, 6.07) is 8.65. The molecule has 1 aliphatic carbocycles. The van der Waals surface area contributed by atoms with Gasteiger partial charge in [-0.25, -0.2) is 9.97 Å². The number of nitrogens with zero attached hydrogens (tertiary/aromatic N) is 2. The van der Waals surface area contributed by atoms with Crippen LogP contribution in [0, 0.1) is 6.92 Å². The van der Waals surface area contributed by atoms with Gasteiger partial charge in [0.1, 0.15) is 11.0 Å². The second-order valence-electron chi connectivity index (χ2n) is 5.55. The van der Waals surface area contributed by atoms with Crippen molar-refractivity contribution >= 4 is 11.6 Å². The van der Waals surface area contributed by atoms with Gasteiger partial charge in [0.25, 0.3) is 0 Å². The lowest BCUT2D eigenvalue weighted by atomic mass is 9.97.